The lowest BCUT2D eigenvalue weighted by Gasteiger charge is -2.36. The lowest BCUT2D eigenvalue weighted by molar-refractivity contribution is -0.620. The van der Waals surface area contributed by atoms with Crippen molar-refractivity contribution in [2.75, 3.05) is 112 Å². The van der Waals surface area contributed by atoms with Crippen molar-refractivity contribution in [3.8, 4) is 11.8 Å². The Bertz CT molecular complexity index is 1970. The third-order valence-corrected chi connectivity index (χ3v) is 12.5. The fraction of sp³-hybridized carbons (Fsp3) is 0.391. The Labute approximate surface area is 372 Å². The first-order chi connectivity index (χ1) is 30.6. The number of aliphatic imine (C=N–C) groups is 2. The normalized spacial score (nSPS) is 15.9. The molecule has 3 N–H and O–H groups in total. The summed E-state index contributed by atoms with van der Waals surface area (Å²) in [6, 6.07) is 33.9. The molecule has 0 atom stereocenters. The molecule has 0 saturated carbocycles. The van der Waals surface area contributed by atoms with E-state index in [1.807, 2.05) is 0 Å². The van der Waals surface area contributed by atoms with Crippen molar-refractivity contribution in [3.63, 3.8) is 0 Å². The molecule has 62 heavy (non-hydrogen) atoms. The summed E-state index contributed by atoms with van der Waals surface area (Å²) in [5.41, 5.74) is 4.54. The molecule has 2 saturated heterocycles. The molecule has 4 aromatic rings. The minimum Gasteiger partial charge on any atom is -0.394 e. The molecule has 4 aromatic carbocycles. The van der Waals surface area contributed by atoms with Gasteiger partial charge >= 0.3 is 0 Å². The zero-order valence-corrected chi connectivity index (χ0v) is 36.8. The van der Waals surface area contributed by atoms with Gasteiger partial charge in [-0.15, -0.1) is 5.92 Å². The van der Waals surface area contributed by atoms with Gasteiger partial charge in [0.05, 0.1) is 51.0 Å². The van der Waals surface area contributed by atoms with Gasteiger partial charge in [0, 0.05) is 96.2 Å². The van der Waals surface area contributed by atoms with Gasteiger partial charge in [0.1, 0.15) is 18.3 Å². The van der Waals surface area contributed by atoms with Gasteiger partial charge in [-0.25, -0.2) is 15.2 Å². The van der Waals surface area contributed by atoms with Crippen molar-refractivity contribution in [1.82, 2.24) is 19.6 Å². The van der Waals surface area contributed by atoms with Gasteiger partial charge in [0.2, 0.25) is 0 Å². The zero-order valence-electron chi connectivity index (χ0n) is 35.1. The summed E-state index contributed by atoms with van der Waals surface area (Å²) in [5.74, 6) is 7.19. The van der Waals surface area contributed by atoms with Gasteiger partial charge in [0.25, 0.3) is 0 Å². The average molecular weight is 885 g/mol. The minimum atomic E-state index is 0.0804. The van der Waals surface area contributed by atoms with Crippen molar-refractivity contribution in [2.24, 2.45) is 9.98 Å². The second kappa shape index (κ2) is 26.3. The number of nitrogens with zero attached hydrogens (tertiary/aromatic N) is 6. The topological polar surface area (TPSA) is 145 Å². The van der Waals surface area contributed by atoms with Gasteiger partial charge in [-0.05, 0) is 53.4 Å². The van der Waals surface area contributed by atoms with Crippen LogP contribution in [0.3, 0.4) is 0 Å². The van der Waals surface area contributed by atoms with Crippen LogP contribution in [-0.4, -0.2) is 158 Å². The number of aliphatic hydroxyl groups excluding tert-OH is 2. The number of fused-ring (bicyclic) bond motifs is 4. The van der Waals surface area contributed by atoms with Crippen LogP contribution in [0.5, 0.6) is 0 Å². The van der Waals surface area contributed by atoms with E-state index in [1.54, 1.807) is 30.4 Å². The standard InChI is InChI=1S/2C21H25N3O2S.C4H6O4/c2*25-14-16-26-15-13-23-9-11-24(12-10-23)21-17-5-1-3-7-19(17)27-20-8-4-2-6-18(20)22-21;1-2-3-4-6-8-7-5/h2*1-8,25H,9-16H2;5H,4H2,1H3. The van der Waals surface area contributed by atoms with Crippen molar-refractivity contribution < 1.29 is 39.9 Å². The Morgan fingerprint density at radius 1 is 0.565 bits per heavy atom. The van der Waals surface area contributed by atoms with E-state index in [9.17, 15) is 0 Å². The average Bonchev–Trinajstić information content (AvgIpc) is 3.60. The van der Waals surface area contributed by atoms with Crippen LogP contribution in [0.1, 0.15) is 18.1 Å². The molecule has 0 amide bonds. The van der Waals surface area contributed by atoms with E-state index < -0.39 is 0 Å². The molecule has 8 rings (SSSR count). The first-order valence-electron chi connectivity index (χ1n) is 20.8. The van der Waals surface area contributed by atoms with E-state index in [2.05, 4.69) is 143 Å². The van der Waals surface area contributed by atoms with E-state index in [-0.39, 0.29) is 19.8 Å². The predicted molar refractivity (Wildman–Crippen MR) is 242 cm³/mol. The van der Waals surface area contributed by atoms with E-state index in [4.69, 9.17) is 34.9 Å². The minimum absolute atomic E-state index is 0.0804. The van der Waals surface area contributed by atoms with Gasteiger partial charge in [-0.1, -0.05) is 90.1 Å². The van der Waals surface area contributed by atoms with Crippen LogP contribution in [0, 0.1) is 11.8 Å². The molecular weight excluding hydrogens is 829 g/mol. The summed E-state index contributed by atoms with van der Waals surface area (Å²) < 4.78 is 10.8. The van der Waals surface area contributed by atoms with Crippen LogP contribution in [0.2, 0.25) is 0 Å². The quantitative estimate of drug-likeness (QED) is 0.0618. The Hall–Kier alpha value is -4.32. The zero-order chi connectivity index (χ0) is 43.2. The van der Waals surface area contributed by atoms with Crippen LogP contribution in [0.15, 0.2) is 127 Å². The largest absolute Gasteiger partial charge is 0.394 e. The summed E-state index contributed by atoms with van der Waals surface area (Å²) in [7, 11) is 0. The Morgan fingerprint density at radius 3 is 1.40 bits per heavy atom. The van der Waals surface area contributed by atoms with Gasteiger partial charge in [-0.3, -0.25) is 9.80 Å². The molecule has 0 radical (unpaired) electrons. The fourth-order valence-corrected chi connectivity index (χ4v) is 9.09. The molecule has 0 unspecified atom stereocenters. The number of piperazine rings is 2. The maximum atomic E-state index is 8.79. The maximum absolute atomic E-state index is 8.79. The summed E-state index contributed by atoms with van der Waals surface area (Å²) in [6.07, 6.45) is 0. The van der Waals surface area contributed by atoms with Crippen LogP contribution >= 0.6 is 23.5 Å². The Kier molecular flexibility index (Phi) is 20.0. The molecule has 14 nitrogen and oxygen atoms in total. The number of benzene rings is 4. The molecule has 4 aliphatic rings. The molecular formula is C46H56N6O8S2. The number of ether oxygens (including phenoxy) is 2. The second-order valence-corrected chi connectivity index (χ2v) is 16.3. The summed E-state index contributed by atoms with van der Waals surface area (Å²) in [5, 5.41) is 31.7. The van der Waals surface area contributed by atoms with E-state index >= 15 is 0 Å². The molecule has 4 heterocycles. The molecule has 0 aromatic heterocycles. The van der Waals surface area contributed by atoms with Gasteiger partial charge < -0.3 is 29.5 Å². The smallest absolute Gasteiger partial charge is 0.146 e. The number of rotatable bonds is 13. The predicted octanol–water partition coefficient (Wildman–Crippen LogP) is 6.07. The van der Waals surface area contributed by atoms with Crippen molar-refractivity contribution in [2.45, 2.75) is 26.5 Å². The van der Waals surface area contributed by atoms with Crippen molar-refractivity contribution >= 4 is 46.6 Å². The molecule has 4 aliphatic heterocycles. The number of amidine groups is 2. The lowest BCUT2D eigenvalue weighted by atomic mass is 10.1. The SMILES string of the molecule is CC#CCOOOO.OCCOCCN1CCN(C2=Nc3ccccc3Sc3ccccc32)CC1.OCCOCCN1CCN(C2=Nc3ccccc3Sc3ccccc32)CC1. The van der Waals surface area contributed by atoms with Gasteiger partial charge in [0.15, 0.2) is 0 Å². The molecule has 16 heteroatoms. The second-order valence-electron chi connectivity index (χ2n) is 14.2. The first-order valence-corrected chi connectivity index (χ1v) is 22.5. The monoisotopic (exact) mass is 884 g/mol. The van der Waals surface area contributed by atoms with Crippen LogP contribution in [0.4, 0.5) is 11.4 Å². The van der Waals surface area contributed by atoms with Crippen molar-refractivity contribution in [3.05, 3.63) is 108 Å². The van der Waals surface area contributed by atoms with Crippen LogP contribution in [0.25, 0.3) is 0 Å². The van der Waals surface area contributed by atoms with Gasteiger partial charge in [-0.2, -0.15) is 4.89 Å². The third-order valence-electron chi connectivity index (χ3n) is 10.2. The highest BCUT2D eigenvalue weighted by Gasteiger charge is 2.26. The number of hydrogen-bond donors (Lipinski definition) is 3. The molecule has 0 bridgehead atoms. The highest BCUT2D eigenvalue weighted by molar-refractivity contribution is 7.99. The molecule has 0 aliphatic carbocycles. The lowest BCUT2D eigenvalue weighted by Crippen LogP contribution is -2.49. The van der Waals surface area contributed by atoms with Crippen molar-refractivity contribution in [1.29, 1.82) is 0 Å². The first kappa shape index (κ1) is 47.2. The van der Waals surface area contributed by atoms with E-state index in [0.717, 1.165) is 88.5 Å². The Morgan fingerprint density at radius 2 is 0.984 bits per heavy atom. The number of hydrogen-bond acceptors (Lipinski definition) is 16. The molecule has 2 fully saturated rings. The summed E-state index contributed by atoms with van der Waals surface area (Å²) >= 11 is 3.60. The Balaban J connectivity index is 0.000000176. The third kappa shape index (κ3) is 14.1. The number of aliphatic hydroxyl groups is 2. The van der Waals surface area contributed by atoms with Crippen LogP contribution < -0.4 is 0 Å². The van der Waals surface area contributed by atoms with E-state index in [0.29, 0.717) is 26.4 Å². The van der Waals surface area contributed by atoms with E-state index in [1.165, 1.54) is 30.7 Å². The number of para-hydroxylation sites is 2. The highest BCUT2D eigenvalue weighted by Crippen LogP contribution is 2.42. The van der Waals surface area contributed by atoms with Crippen LogP contribution in [-0.2, 0) is 24.4 Å². The highest BCUT2D eigenvalue weighted by atomic mass is 32.2. The fourth-order valence-electron chi connectivity index (χ4n) is 7.05. The summed E-state index contributed by atoms with van der Waals surface area (Å²) in [4.78, 5) is 28.8. The summed E-state index contributed by atoms with van der Waals surface area (Å²) in [6.45, 7) is 13.8. The maximum Gasteiger partial charge on any atom is 0.146 e. The molecule has 0 spiro atoms. The molecule has 330 valence electrons.